The smallest absolute Gasteiger partial charge is 0.253 e. The van der Waals surface area contributed by atoms with Gasteiger partial charge in [-0.1, -0.05) is 49.4 Å². The van der Waals surface area contributed by atoms with E-state index in [0.717, 1.165) is 37.3 Å². The minimum absolute atomic E-state index is 0.0957. The quantitative estimate of drug-likeness (QED) is 0.653. The number of amides is 1. The summed E-state index contributed by atoms with van der Waals surface area (Å²) in [5.74, 6) is 0.113. The van der Waals surface area contributed by atoms with Gasteiger partial charge in [0.15, 0.2) is 0 Å². The molecule has 0 bridgehead atoms. The maximum Gasteiger partial charge on any atom is 0.253 e. The van der Waals surface area contributed by atoms with Gasteiger partial charge in [0.25, 0.3) is 5.91 Å². The molecule has 3 rings (SSSR count). The molecular weight excluding hydrogens is 370 g/mol. The number of benzene rings is 2. The highest BCUT2D eigenvalue weighted by Gasteiger charge is 2.24. The second-order valence-corrected chi connectivity index (χ2v) is 8.23. The molecule has 0 radical (unpaired) electrons. The molecule has 1 aliphatic heterocycles. The molecule has 1 atom stereocenters. The van der Waals surface area contributed by atoms with Crippen LogP contribution in [0.1, 0.15) is 67.6 Å². The Morgan fingerprint density at radius 2 is 1.67 bits per heavy atom. The number of carbonyl (C=O) groups is 1. The molecule has 0 spiro atoms. The lowest BCUT2D eigenvalue weighted by Crippen LogP contribution is -2.44. The first-order valence-corrected chi connectivity index (χ1v) is 11.6. The van der Waals surface area contributed by atoms with Crippen molar-refractivity contribution >= 4 is 5.91 Å². The van der Waals surface area contributed by atoms with E-state index in [2.05, 4.69) is 59.6 Å². The molecule has 1 heterocycles. The molecule has 162 valence electrons. The second kappa shape index (κ2) is 11.3. The van der Waals surface area contributed by atoms with Crippen molar-refractivity contribution in [2.45, 2.75) is 52.1 Å². The number of likely N-dealkylation sites (tertiary alicyclic amines) is 1. The van der Waals surface area contributed by atoms with E-state index in [1.807, 2.05) is 30.9 Å². The maximum atomic E-state index is 12.9. The second-order valence-electron chi connectivity index (χ2n) is 8.23. The van der Waals surface area contributed by atoms with Crippen LogP contribution in [-0.4, -0.2) is 54.5 Å². The first-order chi connectivity index (χ1) is 14.7. The monoisotopic (exact) mass is 407 g/mol. The van der Waals surface area contributed by atoms with Gasteiger partial charge in [-0.2, -0.15) is 0 Å². The van der Waals surface area contributed by atoms with Crippen LogP contribution < -0.4 is 5.32 Å². The molecule has 1 saturated heterocycles. The van der Waals surface area contributed by atoms with Crippen molar-refractivity contribution in [3.8, 4) is 0 Å². The van der Waals surface area contributed by atoms with E-state index in [4.69, 9.17) is 0 Å². The lowest BCUT2D eigenvalue weighted by Gasteiger charge is -2.35. The van der Waals surface area contributed by atoms with Crippen molar-refractivity contribution < 1.29 is 4.79 Å². The van der Waals surface area contributed by atoms with Crippen molar-refractivity contribution in [2.75, 3.05) is 32.7 Å². The van der Waals surface area contributed by atoms with Crippen molar-refractivity contribution in [2.24, 2.45) is 0 Å². The molecule has 30 heavy (non-hydrogen) atoms. The highest BCUT2D eigenvalue weighted by molar-refractivity contribution is 5.94. The number of rotatable bonds is 9. The van der Waals surface area contributed by atoms with Crippen LogP contribution in [0.15, 0.2) is 54.6 Å². The molecule has 2 aromatic carbocycles. The summed E-state index contributed by atoms with van der Waals surface area (Å²) in [4.78, 5) is 17.4. The van der Waals surface area contributed by atoms with Gasteiger partial charge in [0.05, 0.1) is 6.04 Å². The molecule has 1 aliphatic rings. The Kier molecular flexibility index (Phi) is 8.47. The molecule has 1 fully saturated rings. The van der Waals surface area contributed by atoms with Gasteiger partial charge in [-0.3, -0.25) is 4.79 Å². The highest BCUT2D eigenvalue weighted by Crippen LogP contribution is 2.26. The Hall–Kier alpha value is -2.17. The molecule has 0 aliphatic carbocycles. The van der Waals surface area contributed by atoms with Crippen LogP contribution in [-0.2, 0) is 0 Å². The topological polar surface area (TPSA) is 35.6 Å². The summed E-state index contributed by atoms with van der Waals surface area (Å²) in [6.45, 7) is 11.3. The van der Waals surface area contributed by atoms with Crippen LogP contribution in [0.4, 0.5) is 0 Å². The van der Waals surface area contributed by atoms with Crippen molar-refractivity contribution in [3.05, 3.63) is 71.3 Å². The summed E-state index contributed by atoms with van der Waals surface area (Å²) in [6, 6.07) is 19.4. The SMILES string of the molecule is CCCN1CCC(NC(c2ccccc2)c2cccc(C(=O)N(CC)CC)c2)CC1. The molecule has 1 unspecified atom stereocenters. The summed E-state index contributed by atoms with van der Waals surface area (Å²) in [5, 5.41) is 3.92. The van der Waals surface area contributed by atoms with Gasteiger partial charge in [-0.15, -0.1) is 0 Å². The predicted molar refractivity (Wildman–Crippen MR) is 125 cm³/mol. The largest absolute Gasteiger partial charge is 0.339 e. The third kappa shape index (κ3) is 5.71. The standard InChI is InChI=1S/C26H37N3O/c1-4-17-28-18-15-24(16-19-28)27-25(21-11-8-7-9-12-21)22-13-10-14-23(20-22)26(30)29(5-2)6-3/h7-14,20,24-25,27H,4-6,15-19H2,1-3H3. The lowest BCUT2D eigenvalue weighted by molar-refractivity contribution is 0.0773. The minimum Gasteiger partial charge on any atom is -0.339 e. The van der Waals surface area contributed by atoms with E-state index >= 15 is 0 Å². The van der Waals surface area contributed by atoms with Gasteiger partial charge < -0.3 is 15.1 Å². The van der Waals surface area contributed by atoms with Crippen LogP contribution >= 0.6 is 0 Å². The average Bonchev–Trinajstić information content (AvgIpc) is 2.80. The van der Waals surface area contributed by atoms with Crippen LogP contribution in [0.25, 0.3) is 0 Å². The van der Waals surface area contributed by atoms with Crippen LogP contribution in [0.5, 0.6) is 0 Å². The van der Waals surface area contributed by atoms with Crippen LogP contribution in [0.2, 0.25) is 0 Å². The molecule has 1 amide bonds. The number of nitrogens with one attached hydrogen (secondary N) is 1. The van der Waals surface area contributed by atoms with E-state index in [-0.39, 0.29) is 11.9 Å². The van der Waals surface area contributed by atoms with Crippen LogP contribution in [0, 0.1) is 0 Å². The first kappa shape index (κ1) is 22.5. The third-order valence-electron chi connectivity index (χ3n) is 6.18. The Bertz CT molecular complexity index is 780. The number of piperidine rings is 1. The van der Waals surface area contributed by atoms with E-state index in [1.165, 1.54) is 31.4 Å². The normalized spacial score (nSPS) is 16.4. The average molecular weight is 408 g/mol. The van der Waals surface area contributed by atoms with E-state index < -0.39 is 0 Å². The first-order valence-electron chi connectivity index (χ1n) is 11.6. The Morgan fingerprint density at radius 3 is 2.30 bits per heavy atom. The van der Waals surface area contributed by atoms with Gasteiger partial charge >= 0.3 is 0 Å². The van der Waals surface area contributed by atoms with Crippen LogP contribution in [0.3, 0.4) is 0 Å². The molecule has 2 aromatic rings. The zero-order valence-corrected chi connectivity index (χ0v) is 18.8. The van der Waals surface area contributed by atoms with Crippen molar-refractivity contribution in [3.63, 3.8) is 0 Å². The molecule has 0 aromatic heterocycles. The summed E-state index contributed by atoms with van der Waals surface area (Å²) < 4.78 is 0. The van der Waals surface area contributed by atoms with Gasteiger partial charge in [-0.25, -0.2) is 0 Å². The predicted octanol–water partition coefficient (Wildman–Crippen LogP) is 4.72. The zero-order valence-electron chi connectivity index (χ0n) is 18.8. The van der Waals surface area contributed by atoms with Gasteiger partial charge in [0.2, 0.25) is 0 Å². The van der Waals surface area contributed by atoms with Crippen molar-refractivity contribution in [1.29, 1.82) is 0 Å². The molecule has 4 nitrogen and oxygen atoms in total. The Balaban J connectivity index is 1.82. The number of hydrogen-bond donors (Lipinski definition) is 1. The lowest BCUT2D eigenvalue weighted by atomic mass is 9.94. The summed E-state index contributed by atoms with van der Waals surface area (Å²) in [7, 11) is 0. The molecule has 0 saturated carbocycles. The highest BCUT2D eigenvalue weighted by atomic mass is 16.2. The van der Waals surface area contributed by atoms with Gasteiger partial charge in [0, 0.05) is 24.7 Å². The fourth-order valence-electron chi connectivity index (χ4n) is 4.45. The zero-order chi connectivity index (χ0) is 21.3. The molecule has 1 N–H and O–H groups in total. The van der Waals surface area contributed by atoms with E-state index in [1.54, 1.807) is 0 Å². The minimum atomic E-state index is 0.0957. The summed E-state index contributed by atoms with van der Waals surface area (Å²) >= 11 is 0. The Labute approximate surface area is 182 Å². The fraction of sp³-hybridized carbons (Fsp3) is 0.500. The number of nitrogens with zero attached hydrogens (tertiary/aromatic N) is 2. The van der Waals surface area contributed by atoms with E-state index in [9.17, 15) is 4.79 Å². The van der Waals surface area contributed by atoms with E-state index in [0.29, 0.717) is 6.04 Å². The Morgan fingerprint density at radius 1 is 1.00 bits per heavy atom. The van der Waals surface area contributed by atoms with Gasteiger partial charge in [-0.05, 0) is 76.0 Å². The third-order valence-corrected chi connectivity index (χ3v) is 6.18. The molecular formula is C26H37N3O. The number of carbonyl (C=O) groups excluding carboxylic acids is 1. The number of hydrogen-bond acceptors (Lipinski definition) is 3. The fourth-order valence-corrected chi connectivity index (χ4v) is 4.45. The molecule has 4 heteroatoms. The summed E-state index contributed by atoms with van der Waals surface area (Å²) in [5.41, 5.74) is 3.19. The summed E-state index contributed by atoms with van der Waals surface area (Å²) in [6.07, 6.45) is 3.56. The maximum absolute atomic E-state index is 12.9. The van der Waals surface area contributed by atoms with Gasteiger partial charge in [0.1, 0.15) is 0 Å². The van der Waals surface area contributed by atoms with Crippen molar-refractivity contribution in [1.82, 2.24) is 15.1 Å².